The molecule has 0 atom stereocenters. The first-order valence-corrected chi connectivity index (χ1v) is 31.4. The lowest BCUT2D eigenvalue weighted by atomic mass is 9.81. The lowest BCUT2D eigenvalue weighted by Crippen LogP contribution is -2.14. The molecule has 0 aliphatic heterocycles. The van der Waals surface area contributed by atoms with Crippen LogP contribution < -0.4 is 0 Å². The number of nitrogens with zero attached hydrogens (tertiary/aromatic N) is 4. The van der Waals surface area contributed by atoms with Crippen molar-refractivity contribution in [2.75, 3.05) is 0 Å². The first kappa shape index (κ1) is 52.0. The number of rotatable bonds is 8. The summed E-state index contributed by atoms with van der Waals surface area (Å²) in [5.41, 5.74) is 32.9. The van der Waals surface area contributed by atoms with Gasteiger partial charge in [-0.3, -0.25) is 0 Å². The van der Waals surface area contributed by atoms with Gasteiger partial charge in [-0.25, -0.2) is 9.97 Å². The van der Waals surface area contributed by atoms with Gasteiger partial charge in [-0.1, -0.05) is 234 Å². The van der Waals surface area contributed by atoms with Gasteiger partial charge in [0, 0.05) is 54.9 Å². The van der Waals surface area contributed by atoms with Crippen molar-refractivity contribution in [3.8, 4) is 101 Å². The van der Waals surface area contributed by atoms with Crippen molar-refractivity contribution < 1.29 is 0 Å². The highest BCUT2D eigenvalue weighted by molar-refractivity contribution is 6.12. The van der Waals surface area contributed by atoms with E-state index in [1.165, 1.54) is 110 Å². The van der Waals surface area contributed by atoms with Gasteiger partial charge in [-0.2, -0.15) is 0 Å². The second-order valence-electron chi connectivity index (χ2n) is 25.7. The quantitative estimate of drug-likeness (QED) is 0.152. The average molecular weight is 1150 g/mol. The Bertz CT molecular complexity index is 5270. The summed E-state index contributed by atoms with van der Waals surface area (Å²) in [5.74, 6) is 0. The monoisotopic (exact) mass is 1150 g/mol. The first-order valence-electron chi connectivity index (χ1n) is 31.4. The Morgan fingerprint density at radius 2 is 0.533 bits per heavy atom. The highest BCUT2D eigenvalue weighted by atomic mass is 15.0. The van der Waals surface area contributed by atoms with E-state index in [2.05, 4.69) is 304 Å². The predicted molar refractivity (Wildman–Crippen MR) is 376 cm³/mol. The summed E-state index contributed by atoms with van der Waals surface area (Å²) in [5, 5.41) is 4.98. The number of para-hydroxylation sites is 4. The summed E-state index contributed by atoms with van der Waals surface area (Å²) in [4.78, 5) is 10.6. The van der Waals surface area contributed by atoms with Crippen LogP contribution in [0.2, 0.25) is 0 Å². The minimum Gasteiger partial charge on any atom is -0.309 e. The molecule has 0 spiro atoms. The molecule has 16 aromatic rings. The molecule has 0 saturated carbocycles. The highest BCUT2D eigenvalue weighted by Crippen LogP contribution is 2.52. The maximum absolute atomic E-state index is 5.30. The smallest absolute Gasteiger partial charge is 0.0973 e. The molecular formula is C86H60N4. The van der Waals surface area contributed by atoms with Crippen molar-refractivity contribution in [1.29, 1.82) is 0 Å². The van der Waals surface area contributed by atoms with Gasteiger partial charge >= 0.3 is 0 Å². The van der Waals surface area contributed by atoms with E-state index in [4.69, 9.17) is 9.97 Å². The van der Waals surface area contributed by atoms with Crippen LogP contribution >= 0.6 is 0 Å². The number of benzene rings is 13. The molecule has 0 fully saturated rings. The maximum Gasteiger partial charge on any atom is 0.0973 e. The van der Waals surface area contributed by atoms with Crippen LogP contribution in [0.25, 0.3) is 155 Å². The Morgan fingerprint density at radius 1 is 0.233 bits per heavy atom. The molecule has 0 radical (unpaired) electrons. The Morgan fingerprint density at radius 3 is 0.956 bits per heavy atom. The van der Waals surface area contributed by atoms with Crippen LogP contribution in [-0.4, -0.2) is 19.1 Å². The van der Waals surface area contributed by atoms with E-state index in [1.807, 2.05) is 24.3 Å². The summed E-state index contributed by atoms with van der Waals surface area (Å²) in [6.45, 7) is 9.42. The fourth-order valence-corrected chi connectivity index (χ4v) is 15.3. The third-order valence-electron chi connectivity index (χ3n) is 20.0. The lowest BCUT2D eigenvalue weighted by molar-refractivity contribution is 0.660. The van der Waals surface area contributed by atoms with Crippen molar-refractivity contribution in [1.82, 2.24) is 19.1 Å². The Kier molecular flexibility index (Phi) is 11.3. The van der Waals surface area contributed by atoms with Crippen molar-refractivity contribution in [2.45, 2.75) is 38.5 Å². The van der Waals surface area contributed by atoms with Gasteiger partial charge < -0.3 is 9.13 Å². The molecule has 18 rings (SSSR count). The zero-order chi connectivity index (χ0) is 60.0. The summed E-state index contributed by atoms with van der Waals surface area (Å²) in [7, 11) is 0. The fraction of sp³-hybridized carbons (Fsp3) is 0.0698. The van der Waals surface area contributed by atoms with E-state index in [-0.39, 0.29) is 10.8 Å². The minimum atomic E-state index is -0.0544. The molecular weight excluding hydrogens is 1090 g/mol. The molecule has 0 amide bonds. The van der Waals surface area contributed by atoms with Gasteiger partial charge in [0.15, 0.2) is 0 Å². The van der Waals surface area contributed by atoms with Crippen LogP contribution in [0.3, 0.4) is 0 Å². The third kappa shape index (κ3) is 7.94. The van der Waals surface area contributed by atoms with Gasteiger partial charge in [0.25, 0.3) is 0 Å². The van der Waals surface area contributed by atoms with Crippen LogP contribution in [-0.2, 0) is 10.8 Å². The second-order valence-corrected chi connectivity index (χ2v) is 25.7. The van der Waals surface area contributed by atoms with Gasteiger partial charge in [-0.05, 0) is 174 Å². The zero-order valence-corrected chi connectivity index (χ0v) is 50.5. The Labute approximate surface area is 523 Å². The van der Waals surface area contributed by atoms with Crippen LogP contribution in [0.4, 0.5) is 0 Å². The zero-order valence-electron chi connectivity index (χ0n) is 50.5. The molecule has 2 aliphatic carbocycles. The van der Waals surface area contributed by atoms with Crippen LogP contribution in [0, 0.1) is 0 Å². The predicted octanol–water partition coefficient (Wildman–Crippen LogP) is 22.4. The van der Waals surface area contributed by atoms with Gasteiger partial charge in [0.2, 0.25) is 0 Å². The molecule has 0 N–H and O–H groups in total. The molecule has 2 aliphatic rings. The average Bonchev–Trinajstić information content (AvgIpc) is 1.67. The third-order valence-corrected chi connectivity index (χ3v) is 20.0. The number of aromatic nitrogens is 4. The molecule has 90 heavy (non-hydrogen) atoms. The number of hydrogen-bond acceptors (Lipinski definition) is 2. The van der Waals surface area contributed by atoms with Crippen molar-refractivity contribution >= 4 is 54.6 Å². The summed E-state index contributed by atoms with van der Waals surface area (Å²) in [6, 6.07) is 107. The largest absolute Gasteiger partial charge is 0.309 e. The number of hydrogen-bond donors (Lipinski definition) is 0. The Balaban J connectivity index is 0.618. The van der Waals surface area contributed by atoms with E-state index in [0.29, 0.717) is 0 Å². The van der Waals surface area contributed by atoms with Crippen LogP contribution in [0.5, 0.6) is 0 Å². The maximum atomic E-state index is 5.30. The molecule has 3 heterocycles. The van der Waals surface area contributed by atoms with E-state index in [9.17, 15) is 0 Å². The molecule has 13 aromatic carbocycles. The molecule has 0 bridgehead atoms. The summed E-state index contributed by atoms with van der Waals surface area (Å²) in [6.07, 6.45) is 0. The van der Waals surface area contributed by atoms with E-state index >= 15 is 0 Å². The fourth-order valence-electron chi connectivity index (χ4n) is 15.3. The minimum absolute atomic E-state index is 0.0544. The van der Waals surface area contributed by atoms with Gasteiger partial charge in [0.05, 0.1) is 44.5 Å². The molecule has 0 saturated heterocycles. The van der Waals surface area contributed by atoms with Gasteiger partial charge in [-0.15, -0.1) is 0 Å². The normalized spacial score (nSPS) is 13.5. The SMILES string of the molecule is CC1(C)c2ccccc2-c2ccc(-c3ccc4c(c3)c3ccccc3n4-c3ccc(-c4ccc(-c5nc6ccccc6nc5-c5ccc(-c6ccc(-n7c8ccccc8c8cc(-c9ccc%10c(c9)C(C)(C)c9ccccc9-%10)ccc87)cc6)cc5)cc4)cc3)cc21. The second kappa shape index (κ2) is 19.7. The topological polar surface area (TPSA) is 35.6 Å². The first-order chi connectivity index (χ1) is 44.1. The summed E-state index contributed by atoms with van der Waals surface area (Å²) < 4.78 is 4.81. The van der Waals surface area contributed by atoms with Crippen molar-refractivity contribution in [2.24, 2.45) is 0 Å². The standard InChI is InChI=1S/C86H60N4/c1-85(2)73-19-9-5-15-65(73)67-45-37-61(51-75(67)85)59-39-47-81-71(49-59)69-17-7-13-23-79(69)89(81)63-41-33-55(34-42-63)53-25-29-57(30-26-53)83-84(88-78-22-12-11-21-77(78)87-83)58-31-27-54(28-32-58)56-35-43-64(44-36-56)90-80-24-14-8-18-70(80)72-50-60(40-48-82(72)90)62-38-46-68-66-16-6-10-20-74(66)86(3,4)76(68)52-62/h5-52H,1-4H3. The van der Waals surface area contributed by atoms with Gasteiger partial charge in [0.1, 0.15) is 0 Å². The molecule has 4 nitrogen and oxygen atoms in total. The van der Waals surface area contributed by atoms with E-state index in [1.54, 1.807) is 0 Å². The molecule has 424 valence electrons. The molecule has 0 unspecified atom stereocenters. The van der Waals surface area contributed by atoms with Crippen LogP contribution in [0.15, 0.2) is 291 Å². The molecule has 3 aromatic heterocycles. The van der Waals surface area contributed by atoms with Crippen molar-refractivity contribution in [3.63, 3.8) is 0 Å². The Hall–Kier alpha value is -11.2. The lowest BCUT2D eigenvalue weighted by Gasteiger charge is -2.22. The van der Waals surface area contributed by atoms with Crippen molar-refractivity contribution in [3.05, 3.63) is 313 Å². The highest BCUT2D eigenvalue weighted by Gasteiger charge is 2.37. The van der Waals surface area contributed by atoms with E-state index in [0.717, 1.165) is 67.2 Å². The summed E-state index contributed by atoms with van der Waals surface area (Å²) >= 11 is 0. The van der Waals surface area contributed by atoms with Crippen LogP contribution in [0.1, 0.15) is 49.9 Å². The number of fused-ring (bicyclic) bond motifs is 13. The molecule has 4 heteroatoms. The van der Waals surface area contributed by atoms with E-state index < -0.39 is 0 Å².